The first-order valence-electron chi connectivity index (χ1n) is 4.79. The molecule has 16 heavy (non-hydrogen) atoms. The first-order valence-corrected chi connectivity index (χ1v) is 6.39. The van der Waals surface area contributed by atoms with Crippen molar-refractivity contribution in [2.45, 2.75) is 19.4 Å². The van der Waals surface area contributed by atoms with Gasteiger partial charge in [0.15, 0.2) is 5.84 Å². The van der Waals surface area contributed by atoms with Gasteiger partial charge in [-0.3, -0.25) is 0 Å². The molecule has 0 aromatic rings. The summed E-state index contributed by atoms with van der Waals surface area (Å²) in [5, 5.41) is 11.2. The molecule has 3 N–H and O–H groups in total. The van der Waals surface area contributed by atoms with Crippen LogP contribution in [0, 0.1) is 0 Å². The summed E-state index contributed by atoms with van der Waals surface area (Å²) in [6.45, 7) is 1.92. The van der Waals surface area contributed by atoms with Crippen LogP contribution in [0.25, 0.3) is 0 Å². The first kappa shape index (κ1) is 15.1. The summed E-state index contributed by atoms with van der Waals surface area (Å²) in [7, 11) is -0.503. The van der Waals surface area contributed by atoms with Gasteiger partial charge >= 0.3 is 0 Å². The van der Waals surface area contributed by atoms with Crippen LogP contribution in [0.4, 0.5) is 0 Å². The Labute approximate surface area is 95.9 Å². The summed E-state index contributed by atoms with van der Waals surface area (Å²) in [5.74, 6) is -0.168. The largest absolute Gasteiger partial charge is 0.409 e. The Morgan fingerprint density at radius 1 is 1.62 bits per heavy atom. The highest BCUT2D eigenvalue weighted by Crippen LogP contribution is 2.06. The molecule has 0 rings (SSSR count). The standard InChI is InChI=1S/C8H19N3O4S/c1-7(8(9)10-12)11(2)16(13,14)6-4-5-15-3/h7,12H,4-6H2,1-3H3,(H2,9,10). The van der Waals surface area contributed by atoms with Gasteiger partial charge in [0.05, 0.1) is 11.8 Å². The van der Waals surface area contributed by atoms with Gasteiger partial charge in [-0.05, 0) is 13.3 Å². The molecule has 96 valence electrons. The molecule has 0 radical (unpaired) electrons. The lowest BCUT2D eigenvalue weighted by Crippen LogP contribution is -2.44. The van der Waals surface area contributed by atoms with Gasteiger partial charge in [0.1, 0.15) is 0 Å². The Morgan fingerprint density at radius 2 is 2.19 bits per heavy atom. The number of oxime groups is 1. The highest BCUT2D eigenvalue weighted by atomic mass is 32.2. The first-order chi connectivity index (χ1) is 7.36. The van der Waals surface area contributed by atoms with Gasteiger partial charge in [-0.2, -0.15) is 4.31 Å². The van der Waals surface area contributed by atoms with E-state index in [-0.39, 0.29) is 11.6 Å². The minimum absolute atomic E-state index is 0.0274. The van der Waals surface area contributed by atoms with Gasteiger partial charge in [0, 0.05) is 20.8 Å². The molecule has 0 saturated heterocycles. The Balaban J connectivity index is 4.51. The minimum atomic E-state index is -3.41. The monoisotopic (exact) mass is 253 g/mol. The average molecular weight is 253 g/mol. The minimum Gasteiger partial charge on any atom is -0.409 e. The molecule has 0 bridgehead atoms. The van der Waals surface area contributed by atoms with Crippen molar-refractivity contribution in [3.05, 3.63) is 0 Å². The summed E-state index contributed by atoms with van der Waals surface area (Å²) in [6, 6.07) is -0.669. The molecule has 0 fully saturated rings. The predicted molar refractivity (Wildman–Crippen MR) is 60.9 cm³/mol. The van der Waals surface area contributed by atoms with Gasteiger partial charge in [-0.15, -0.1) is 0 Å². The maximum atomic E-state index is 11.7. The van der Waals surface area contributed by atoms with Crippen molar-refractivity contribution in [1.82, 2.24) is 4.31 Å². The van der Waals surface area contributed by atoms with Gasteiger partial charge in [0.25, 0.3) is 0 Å². The molecular formula is C8H19N3O4S. The van der Waals surface area contributed by atoms with Crippen LogP contribution in [-0.2, 0) is 14.8 Å². The second kappa shape index (κ2) is 6.66. The zero-order chi connectivity index (χ0) is 12.8. The Kier molecular flexibility index (Phi) is 6.31. The third-order valence-corrected chi connectivity index (χ3v) is 4.28. The second-order valence-electron chi connectivity index (χ2n) is 3.38. The van der Waals surface area contributed by atoms with Crippen LogP contribution in [0.3, 0.4) is 0 Å². The molecule has 0 spiro atoms. The molecule has 0 saturated carbocycles. The third kappa shape index (κ3) is 4.33. The molecule has 0 amide bonds. The highest BCUT2D eigenvalue weighted by Gasteiger charge is 2.25. The van der Waals surface area contributed by atoms with Crippen molar-refractivity contribution >= 4 is 15.9 Å². The number of sulfonamides is 1. The number of nitrogens with zero attached hydrogens (tertiary/aromatic N) is 2. The number of amidine groups is 1. The Hall–Kier alpha value is -0.860. The van der Waals surface area contributed by atoms with Crippen LogP contribution >= 0.6 is 0 Å². The number of hydrogen-bond donors (Lipinski definition) is 2. The van der Waals surface area contributed by atoms with E-state index in [1.165, 1.54) is 14.2 Å². The molecule has 0 aliphatic rings. The number of ether oxygens (including phenoxy) is 1. The van der Waals surface area contributed by atoms with E-state index in [2.05, 4.69) is 5.16 Å². The van der Waals surface area contributed by atoms with Gasteiger partial charge in [0.2, 0.25) is 10.0 Å². The molecular weight excluding hydrogens is 234 g/mol. The molecule has 8 heteroatoms. The van der Waals surface area contributed by atoms with Crippen molar-refractivity contribution in [3.8, 4) is 0 Å². The fraction of sp³-hybridized carbons (Fsp3) is 0.875. The van der Waals surface area contributed by atoms with E-state index >= 15 is 0 Å². The van der Waals surface area contributed by atoms with Gasteiger partial charge in [-0.25, -0.2) is 8.42 Å². The van der Waals surface area contributed by atoms with E-state index in [0.717, 1.165) is 4.31 Å². The Morgan fingerprint density at radius 3 is 2.62 bits per heavy atom. The lowest BCUT2D eigenvalue weighted by Gasteiger charge is -2.22. The molecule has 0 aromatic heterocycles. The van der Waals surface area contributed by atoms with E-state index in [1.54, 1.807) is 6.92 Å². The van der Waals surface area contributed by atoms with Crippen LogP contribution in [0.1, 0.15) is 13.3 Å². The molecule has 0 aliphatic heterocycles. The summed E-state index contributed by atoms with van der Waals surface area (Å²) in [5.41, 5.74) is 5.34. The number of nitrogens with two attached hydrogens (primary N) is 1. The predicted octanol–water partition coefficient (Wildman–Crippen LogP) is -0.581. The number of rotatable bonds is 7. The number of methoxy groups -OCH3 is 1. The summed E-state index contributed by atoms with van der Waals surface area (Å²) in [4.78, 5) is 0. The maximum Gasteiger partial charge on any atom is 0.214 e. The average Bonchev–Trinajstić information content (AvgIpc) is 2.26. The number of likely N-dealkylation sites (N-methyl/N-ethyl adjacent to an activating group) is 1. The highest BCUT2D eigenvalue weighted by molar-refractivity contribution is 7.89. The fourth-order valence-corrected chi connectivity index (χ4v) is 2.40. The SMILES string of the molecule is COCCCS(=O)(=O)N(C)C(C)C(N)=NO. The van der Waals surface area contributed by atoms with E-state index in [1.807, 2.05) is 0 Å². The lowest BCUT2D eigenvalue weighted by atomic mass is 10.3. The van der Waals surface area contributed by atoms with Crippen LogP contribution in [0.2, 0.25) is 0 Å². The van der Waals surface area contributed by atoms with Crippen molar-refractivity contribution in [1.29, 1.82) is 0 Å². The van der Waals surface area contributed by atoms with E-state index in [4.69, 9.17) is 15.7 Å². The summed E-state index contributed by atoms with van der Waals surface area (Å²) in [6.07, 6.45) is 0.409. The molecule has 0 aromatic carbocycles. The van der Waals surface area contributed by atoms with Crippen LogP contribution in [0.15, 0.2) is 5.16 Å². The zero-order valence-corrected chi connectivity index (χ0v) is 10.6. The number of hydrogen-bond acceptors (Lipinski definition) is 5. The normalized spacial score (nSPS) is 15.4. The van der Waals surface area contributed by atoms with Crippen LogP contribution < -0.4 is 5.73 Å². The molecule has 1 atom stereocenters. The Bertz CT molecular complexity index is 328. The van der Waals surface area contributed by atoms with E-state index < -0.39 is 16.1 Å². The van der Waals surface area contributed by atoms with Crippen molar-refractivity contribution in [2.24, 2.45) is 10.9 Å². The third-order valence-electron chi connectivity index (χ3n) is 2.28. The molecule has 1 unspecified atom stereocenters. The van der Waals surface area contributed by atoms with Gasteiger partial charge in [-0.1, -0.05) is 5.16 Å². The van der Waals surface area contributed by atoms with Crippen molar-refractivity contribution in [2.75, 3.05) is 26.5 Å². The molecule has 7 nitrogen and oxygen atoms in total. The topological polar surface area (TPSA) is 105 Å². The lowest BCUT2D eigenvalue weighted by molar-refractivity contribution is 0.199. The second-order valence-corrected chi connectivity index (χ2v) is 5.53. The molecule has 0 aliphatic carbocycles. The van der Waals surface area contributed by atoms with E-state index in [9.17, 15) is 8.42 Å². The zero-order valence-electron chi connectivity index (χ0n) is 9.75. The maximum absolute atomic E-state index is 11.7. The summed E-state index contributed by atoms with van der Waals surface area (Å²) >= 11 is 0. The quantitative estimate of drug-likeness (QED) is 0.208. The van der Waals surface area contributed by atoms with E-state index in [0.29, 0.717) is 13.0 Å². The van der Waals surface area contributed by atoms with Crippen molar-refractivity contribution < 1.29 is 18.4 Å². The van der Waals surface area contributed by atoms with Crippen LogP contribution in [0.5, 0.6) is 0 Å². The van der Waals surface area contributed by atoms with Crippen molar-refractivity contribution in [3.63, 3.8) is 0 Å². The van der Waals surface area contributed by atoms with Gasteiger partial charge < -0.3 is 15.7 Å². The van der Waals surface area contributed by atoms with Crippen LogP contribution in [-0.4, -0.2) is 56.3 Å². The molecule has 0 heterocycles. The summed E-state index contributed by atoms with van der Waals surface area (Å²) < 4.78 is 29.3. The fourth-order valence-electron chi connectivity index (χ4n) is 1.04. The smallest absolute Gasteiger partial charge is 0.214 e.